The highest BCUT2D eigenvalue weighted by Gasteiger charge is 2.34. The molecule has 0 spiro atoms. The number of carbonyl (C=O) groups excluding carboxylic acids is 1. The molecule has 31 heavy (non-hydrogen) atoms. The van der Waals surface area contributed by atoms with Crippen LogP contribution >= 0.6 is 27.3 Å². The van der Waals surface area contributed by atoms with Crippen molar-refractivity contribution in [2.75, 3.05) is 11.4 Å². The first-order chi connectivity index (χ1) is 15.0. The summed E-state index contributed by atoms with van der Waals surface area (Å²) in [6.45, 7) is 4.73. The molecule has 0 radical (unpaired) electrons. The molecule has 0 aliphatic carbocycles. The van der Waals surface area contributed by atoms with E-state index in [9.17, 15) is 9.59 Å². The molecule has 2 aromatic carbocycles. The minimum absolute atomic E-state index is 0.137. The molecule has 0 unspecified atom stereocenters. The number of aromatic nitrogens is 3. The summed E-state index contributed by atoms with van der Waals surface area (Å²) < 4.78 is 2.55. The number of thiazole rings is 1. The topological polar surface area (TPSA) is 67.6 Å². The number of nitrogens with zero attached hydrogens (tertiary/aromatic N) is 4. The van der Waals surface area contributed by atoms with E-state index in [4.69, 9.17) is 0 Å². The van der Waals surface area contributed by atoms with Crippen LogP contribution in [0.1, 0.15) is 30.9 Å². The first-order valence-corrected chi connectivity index (χ1v) is 11.7. The van der Waals surface area contributed by atoms with E-state index in [1.165, 1.54) is 15.9 Å². The van der Waals surface area contributed by atoms with E-state index in [-0.39, 0.29) is 11.5 Å². The van der Waals surface area contributed by atoms with Gasteiger partial charge in [-0.1, -0.05) is 70.4 Å². The SMILES string of the molecule is CCCCN1C(=O)C(=c2sc3nc(-c4ccc(C)cc4)nn3c2=O)c2cc(Br)ccc21. The fraction of sp³-hybridized carbons (Fsp3) is 0.217. The average Bonchev–Trinajstić information content (AvgIpc) is 3.38. The summed E-state index contributed by atoms with van der Waals surface area (Å²) in [5.74, 6) is 0.368. The first kappa shape index (κ1) is 20.1. The van der Waals surface area contributed by atoms with Crippen LogP contribution in [0.5, 0.6) is 0 Å². The molecule has 4 aromatic rings. The van der Waals surface area contributed by atoms with Gasteiger partial charge >= 0.3 is 0 Å². The summed E-state index contributed by atoms with van der Waals surface area (Å²) in [7, 11) is 0. The lowest BCUT2D eigenvalue weighted by Crippen LogP contribution is -2.33. The van der Waals surface area contributed by atoms with E-state index in [2.05, 4.69) is 32.9 Å². The Morgan fingerprint density at radius 2 is 1.87 bits per heavy atom. The first-order valence-electron chi connectivity index (χ1n) is 10.1. The maximum absolute atomic E-state index is 13.3. The van der Waals surface area contributed by atoms with Crippen LogP contribution < -0.4 is 15.0 Å². The van der Waals surface area contributed by atoms with Gasteiger partial charge in [-0.2, -0.15) is 9.50 Å². The van der Waals surface area contributed by atoms with Crippen LogP contribution in [0.15, 0.2) is 51.7 Å². The van der Waals surface area contributed by atoms with Crippen molar-refractivity contribution in [3.05, 3.63) is 73.0 Å². The minimum Gasteiger partial charge on any atom is -0.308 e. The van der Waals surface area contributed by atoms with Crippen molar-refractivity contribution in [2.45, 2.75) is 26.7 Å². The number of halogens is 1. The summed E-state index contributed by atoms with van der Waals surface area (Å²) in [6, 6.07) is 13.6. The Labute approximate surface area is 191 Å². The summed E-state index contributed by atoms with van der Waals surface area (Å²) in [4.78, 5) is 33.4. The quantitative estimate of drug-likeness (QED) is 0.430. The van der Waals surface area contributed by atoms with E-state index in [1.807, 2.05) is 49.4 Å². The smallest absolute Gasteiger partial charge is 0.291 e. The molecule has 1 amide bonds. The zero-order chi connectivity index (χ0) is 21.7. The second-order valence-corrected chi connectivity index (χ2v) is 9.47. The third-order valence-corrected chi connectivity index (χ3v) is 6.93. The summed E-state index contributed by atoms with van der Waals surface area (Å²) in [6.07, 6.45) is 1.88. The molecule has 0 N–H and O–H groups in total. The Kier molecular flexibility index (Phi) is 4.98. The molecular weight excluding hydrogens is 476 g/mol. The Morgan fingerprint density at radius 3 is 2.58 bits per heavy atom. The summed E-state index contributed by atoms with van der Waals surface area (Å²) >= 11 is 4.71. The Balaban J connectivity index is 1.69. The number of hydrogen-bond acceptors (Lipinski definition) is 5. The molecule has 0 fully saturated rings. The lowest BCUT2D eigenvalue weighted by atomic mass is 10.1. The van der Waals surface area contributed by atoms with Gasteiger partial charge in [0.05, 0.1) is 11.3 Å². The second kappa shape index (κ2) is 7.69. The molecule has 1 aliphatic rings. The zero-order valence-corrected chi connectivity index (χ0v) is 19.5. The van der Waals surface area contributed by atoms with E-state index >= 15 is 0 Å². The van der Waals surface area contributed by atoms with Gasteiger partial charge < -0.3 is 4.90 Å². The predicted molar refractivity (Wildman–Crippen MR) is 126 cm³/mol. The largest absolute Gasteiger partial charge is 0.308 e. The van der Waals surface area contributed by atoms with Gasteiger partial charge in [0, 0.05) is 22.1 Å². The minimum atomic E-state index is -0.308. The van der Waals surface area contributed by atoms with E-state index in [0.717, 1.165) is 39.7 Å². The van der Waals surface area contributed by atoms with Crippen molar-refractivity contribution < 1.29 is 4.79 Å². The van der Waals surface area contributed by atoms with E-state index < -0.39 is 0 Å². The molecule has 0 saturated heterocycles. The van der Waals surface area contributed by atoms with Gasteiger partial charge in [0.25, 0.3) is 11.5 Å². The lowest BCUT2D eigenvalue weighted by Gasteiger charge is -2.16. The van der Waals surface area contributed by atoms with E-state index in [1.54, 1.807) is 4.90 Å². The van der Waals surface area contributed by atoms with Crippen LogP contribution in [0.3, 0.4) is 0 Å². The van der Waals surface area contributed by atoms with Crippen molar-refractivity contribution in [1.29, 1.82) is 0 Å². The Bertz CT molecular complexity index is 1440. The third-order valence-electron chi connectivity index (χ3n) is 5.41. The molecule has 0 bridgehead atoms. The van der Waals surface area contributed by atoms with Crippen molar-refractivity contribution in [2.24, 2.45) is 0 Å². The van der Waals surface area contributed by atoms with Crippen LogP contribution in [0.25, 0.3) is 21.9 Å². The van der Waals surface area contributed by atoms with Gasteiger partial charge in [-0.05, 0) is 31.5 Å². The van der Waals surface area contributed by atoms with Gasteiger partial charge in [-0.25, -0.2) is 0 Å². The van der Waals surface area contributed by atoms with Gasteiger partial charge in [0.2, 0.25) is 4.96 Å². The second-order valence-electron chi connectivity index (χ2n) is 7.58. The Hall–Kier alpha value is -2.84. The van der Waals surface area contributed by atoms with Crippen LogP contribution in [-0.2, 0) is 4.79 Å². The van der Waals surface area contributed by atoms with E-state index in [0.29, 0.717) is 27.4 Å². The maximum Gasteiger partial charge on any atom is 0.291 e. The number of hydrogen-bond donors (Lipinski definition) is 0. The standard InChI is InChI=1S/C23H19BrN4O2S/c1-3-4-11-27-17-10-9-15(24)12-16(17)18(21(27)29)19-22(30)28-23(31-19)25-20(26-28)14-7-5-13(2)6-8-14/h5-10,12H,3-4,11H2,1-2H3. The molecule has 0 atom stereocenters. The number of carbonyl (C=O) groups is 1. The van der Waals surface area contributed by atoms with Crippen molar-refractivity contribution in [3.8, 4) is 11.4 Å². The van der Waals surface area contributed by atoms with Gasteiger partial charge in [0.15, 0.2) is 5.82 Å². The number of aryl methyl sites for hydroxylation is 1. The van der Waals surface area contributed by atoms with Crippen LogP contribution in [0, 0.1) is 6.92 Å². The summed E-state index contributed by atoms with van der Waals surface area (Å²) in [5, 5.41) is 4.43. The third kappa shape index (κ3) is 3.30. The predicted octanol–water partition coefficient (Wildman–Crippen LogP) is 3.95. The number of rotatable bonds is 4. The number of benzene rings is 2. The molecular formula is C23H19BrN4O2S. The lowest BCUT2D eigenvalue weighted by molar-refractivity contribution is -0.113. The fourth-order valence-corrected chi connectivity index (χ4v) is 5.13. The zero-order valence-electron chi connectivity index (χ0n) is 17.1. The van der Waals surface area contributed by atoms with Crippen molar-refractivity contribution >= 4 is 49.4 Å². The molecule has 3 heterocycles. The average molecular weight is 495 g/mol. The Morgan fingerprint density at radius 1 is 1.10 bits per heavy atom. The number of unbranched alkanes of at least 4 members (excludes halogenated alkanes) is 1. The molecule has 1 aliphatic heterocycles. The number of anilines is 1. The van der Waals surface area contributed by atoms with Gasteiger partial charge in [-0.15, -0.1) is 5.10 Å². The van der Waals surface area contributed by atoms with Crippen LogP contribution in [-0.4, -0.2) is 27.0 Å². The van der Waals surface area contributed by atoms with Crippen LogP contribution in [0.4, 0.5) is 5.69 Å². The number of fused-ring (bicyclic) bond motifs is 2. The highest BCUT2D eigenvalue weighted by Crippen LogP contribution is 2.37. The molecule has 5 rings (SSSR count). The maximum atomic E-state index is 13.3. The fourth-order valence-electron chi connectivity index (χ4n) is 3.77. The molecule has 8 heteroatoms. The van der Waals surface area contributed by atoms with Crippen molar-refractivity contribution in [3.63, 3.8) is 0 Å². The monoisotopic (exact) mass is 494 g/mol. The number of amides is 1. The molecule has 2 aromatic heterocycles. The summed E-state index contributed by atoms with van der Waals surface area (Å²) in [5.41, 5.74) is 3.74. The van der Waals surface area contributed by atoms with Crippen molar-refractivity contribution in [1.82, 2.24) is 14.6 Å². The highest BCUT2D eigenvalue weighted by atomic mass is 79.9. The van der Waals surface area contributed by atoms with Crippen LogP contribution in [0.2, 0.25) is 0 Å². The normalized spacial score (nSPS) is 15.2. The molecule has 156 valence electrons. The molecule has 6 nitrogen and oxygen atoms in total. The van der Waals surface area contributed by atoms with Gasteiger partial charge in [0.1, 0.15) is 4.53 Å². The highest BCUT2D eigenvalue weighted by molar-refractivity contribution is 9.10. The molecule has 0 saturated carbocycles. The van der Waals surface area contributed by atoms with Gasteiger partial charge in [-0.3, -0.25) is 9.59 Å².